The molecule has 0 aliphatic carbocycles. The number of hydrogen-bond acceptors (Lipinski definition) is 3. The second-order valence-corrected chi connectivity index (χ2v) is 1.83. The van der Waals surface area contributed by atoms with Crippen molar-refractivity contribution in [3.63, 3.8) is 0 Å². The van der Waals surface area contributed by atoms with Gasteiger partial charge in [0.2, 0.25) is 5.91 Å². The van der Waals surface area contributed by atoms with E-state index in [-0.39, 0.29) is 11.6 Å². The molecule has 1 N–H and O–H groups in total. The predicted octanol–water partition coefficient (Wildman–Crippen LogP) is -1.22. The van der Waals surface area contributed by atoms with Crippen LogP contribution in [0.1, 0.15) is 13.8 Å². The van der Waals surface area contributed by atoms with Gasteiger partial charge in [0.1, 0.15) is 0 Å². The van der Waals surface area contributed by atoms with Gasteiger partial charge in [-0.3, -0.25) is 4.79 Å². The van der Waals surface area contributed by atoms with Crippen molar-refractivity contribution in [2.24, 2.45) is 0 Å². The molecule has 1 amide bonds. The Bertz CT molecular complexity index is 183. The summed E-state index contributed by atoms with van der Waals surface area (Å²) in [5.74, 6) is -1.61. The van der Waals surface area contributed by atoms with Gasteiger partial charge < -0.3 is 15.2 Å². The molecule has 0 saturated heterocycles. The molecule has 0 atom stereocenters. The lowest BCUT2D eigenvalue weighted by atomic mass is 10.4. The molecule has 0 aromatic heterocycles. The number of hydrogen-bond donors (Lipinski definition) is 1. The largest absolute Gasteiger partial charge is 0.545 e. The number of carbonyl (C=O) groups excluding carboxylic acids is 2. The third kappa shape index (κ3) is 4.83. The Morgan fingerprint density at radius 1 is 1.40 bits per heavy atom. The number of allylic oxidation sites excluding steroid dienone is 1. The van der Waals surface area contributed by atoms with Crippen LogP contribution in [0.25, 0.3) is 0 Å². The molecule has 0 spiro atoms. The SMILES string of the molecule is CC(=O)N/C(C)=C\C(=O)[O-]. The van der Waals surface area contributed by atoms with Crippen LogP contribution in [-0.4, -0.2) is 11.9 Å². The molecule has 0 aromatic carbocycles. The minimum Gasteiger partial charge on any atom is -0.545 e. The summed E-state index contributed by atoms with van der Waals surface area (Å²) in [6.45, 7) is 2.77. The third-order valence-electron chi connectivity index (χ3n) is 0.708. The number of amides is 1. The maximum absolute atomic E-state index is 10.3. The van der Waals surface area contributed by atoms with Crippen molar-refractivity contribution in [2.45, 2.75) is 13.8 Å². The molecule has 0 aliphatic rings. The van der Waals surface area contributed by atoms with E-state index < -0.39 is 5.97 Å². The summed E-state index contributed by atoms with van der Waals surface area (Å²) in [5.41, 5.74) is 0.271. The van der Waals surface area contributed by atoms with Crippen LogP contribution in [0, 0.1) is 0 Å². The van der Waals surface area contributed by atoms with E-state index in [1.807, 2.05) is 0 Å². The Balaban J connectivity index is 3.95. The zero-order chi connectivity index (χ0) is 8.15. The molecule has 4 nitrogen and oxygen atoms in total. The highest BCUT2D eigenvalue weighted by Gasteiger charge is 1.90. The molecule has 0 unspecified atom stereocenters. The van der Waals surface area contributed by atoms with E-state index in [1.165, 1.54) is 13.8 Å². The van der Waals surface area contributed by atoms with E-state index in [2.05, 4.69) is 5.32 Å². The van der Waals surface area contributed by atoms with Crippen molar-refractivity contribution < 1.29 is 14.7 Å². The number of nitrogens with one attached hydrogen (secondary N) is 1. The van der Waals surface area contributed by atoms with Crippen molar-refractivity contribution in [3.8, 4) is 0 Å². The van der Waals surface area contributed by atoms with Gasteiger partial charge in [0, 0.05) is 12.6 Å². The van der Waals surface area contributed by atoms with Crippen LogP contribution in [0.2, 0.25) is 0 Å². The molecule has 0 saturated carbocycles. The molecule has 4 heteroatoms. The quantitative estimate of drug-likeness (QED) is 0.491. The molecule has 56 valence electrons. The lowest BCUT2D eigenvalue weighted by Crippen LogP contribution is -2.23. The fraction of sp³-hybridized carbons (Fsp3) is 0.333. The van der Waals surface area contributed by atoms with Crippen LogP contribution < -0.4 is 10.4 Å². The van der Waals surface area contributed by atoms with Crippen LogP contribution in [0.5, 0.6) is 0 Å². The predicted molar refractivity (Wildman–Crippen MR) is 32.6 cm³/mol. The first kappa shape index (κ1) is 8.68. The van der Waals surface area contributed by atoms with Crippen molar-refractivity contribution >= 4 is 11.9 Å². The summed E-state index contributed by atoms with van der Waals surface area (Å²) < 4.78 is 0. The van der Waals surface area contributed by atoms with E-state index in [1.54, 1.807) is 0 Å². The second kappa shape index (κ2) is 3.66. The number of carbonyl (C=O) groups is 2. The Labute approximate surface area is 58.5 Å². The first-order valence-corrected chi connectivity index (χ1v) is 2.69. The summed E-state index contributed by atoms with van der Waals surface area (Å²) in [5, 5.41) is 12.1. The van der Waals surface area contributed by atoms with Crippen molar-refractivity contribution in [1.29, 1.82) is 0 Å². The van der Waals surface area contributed by atoms with Gasteiger partial charge in [-0.2, -0.15) is 0 Å². The first-order valence-electron chi connectivity index (χ1n) is 2.69. The van der Waals surface area contributed by atoms with Gasteiger partial charge >= 0.3 is 0 Å². The highest BCUT2D eigenvalue weighted by Crippen LogP contribution is 1.83. The van der Waals surface area contributed by atoms with Crippen molar-refractivity contribution in [3.05, 3.63) is 11.8 Å². The Morgan fingerprint density at radius 3 is 2.20 bits per heavy atom. The molecule has 0 bridgehead atoms. The van der Waals surface area contributed by atoms with E-state index in [9.17, 15) is 14.7 Å². The second-order valence-electron chi connectivity index (χ2n) is 1.83. The molecular formula is C6H8NO3-. The van der Waals surface area contributed by atoms with Gasteiger partial charge in [0.25, 0.3) is 0 Å². The zero-order valence-electron chi connectivity index (χ0n) is 5.80. The lowest BCUT2D eigenvalue weighted by Gasteiger charge is -2.00. The summed E-state index contributed by atoms with van der Waals surface area (Å²) in [6, 6.07) is 0. The summed E-state index contributed by atoms with van der Waals surface area (Å²) in [6.07, 6.45) is 0.821. The topological polar surface area (TPSA) is 69.2 Å². The maximum atomic E-state index is 10.3. The minimum absolute atomic E-state index is 0.271. The van der Waals surface area contributed by atoms with Crippen LogP contribution >= 0.6 is 0 Å². The number of carboxylic acid groups (broad SMARTS) is 1. The van der Waals surface area contributed by atoms with Crippen molar-refractivity contribution in [2.75, 3.05) is 0 Å². The lowest BCUT2D eigenvalue weighted by molar-refractivity contribution is -0.297. The third-order valence-corrected chi connectivity index (χ3v) is 0.708. The molecular weight excluding hydrogens is 134 g/mol. The Morgan fingerprint density at radius 2 is 1.90 bits per heavy atom. The van der Waals surface area contributed by atoms with Crippen LogP contribution in [0.3, 0.4) is 0 Å². The van der Waals surface area contributed by atoms with E-state index in [0.717, 1.165) is 6.08 Å². The monoisotopic (exact) mass is 142 g/mol. The van der Waals surface area contributed by atoms with Gasteiger partial charge in [-0.25, -0.2) is 0 Å². The standard InChI is InChI=1S/C6H9NO3/c1-4(3-6(9)10)7-5(2)8/h3H,1-2H3,(H,7,8)(H,9,10)/p-1/b4-3-. The average molecular weight is 142 g/mol. The van der Waals surface area contributed by atoms with Gasteiger partial charge in [-0.15, -0.1) is 0 Å². The average Bonchev–Trinajstić information content (AvgIpc) is 1.58. The molecule has 0 fully saturated rings. The molecule has 0 aliphatic heterocycles. The van der Waals surface area contributed by atoms with Gasteiger partial charge in [-0.1, -0.05) is 0 Å². The fourth-order valence-electron chi connectivity index (χ4n) is 0.491. The molecule has 0 rings (SSSR count). The van der Waals surface area contributed by atoms with Crippen molar-refractivity contribution in [1.82, 2.24) is 5.32 Å². The Kier molecular flexibility index (Phi) is 3.17. The minimum atomic E-state index is -1.31. The van der Waals surface area contributed by atoms with Crippen LogP contribution in [0.15, 0.2) is 11.8 Å². The highest BCUT2D eigenvalue weighted by atomic mass is 16.4. The fourth-order valence-corrected chi connectivity index (χ4v) is 0.491. The summed E-state index contributed by atoms with van der Waals surface area (Å²) in [4.78, 5) is 20.1. The number of carboxylic acids is 1. The number of aliphatic carboxylic acids is 1. The van der Waals surface area contributed by atoms with E-state index in [4.69, 9.17) is 0 Å². The van der Waals surface area contributed by atoms with E-state index >= 15 is 0 Å². The summed E-state index contributed by atoms with van der Waals surface area (Å²) in [7, 11) is 0. The van der Waals surface area contributed by atoms with Crippen LogP contribution in [0.4, 0.5) is 0 Å². The molecule has 0 aromatic rings. The van der Waals surface area contributed by atoms with E-state index in [0.29, 0.717) is 0 Å². The summed E-state index contributed by atoms with van der Waals surface area (Å²) >= 11 is 0. The van der Waals surface area contributed by atoms with Gasteiger partial charge in [-0.05, 0) is 13.0 Å². The number of rotatable bonds is 2. The maximum Gasteiger partial charge on any atom is 0.220 e. The normalized spacial score (nSPS) is 10.8. The molecule has 0 radical (unpaired) electrons. The first-order chi connectivity index (χ1) is 4.52. The molecule has 10 heavy (non-hydrogen) atoms. The van der Waals surface area contributed by atoms with Gasteiger partial charge in [0.15, 0.2) is 0 Å². The van der Waals surface area contributed by atoms with Crippen LogP contribution in [-0.2, 0) is 9.59 Å². The molecule has 0 heterocycles. The zero-order valence-corrected chi connectivity index (χ0v) is 5.80. The highest BCUT2D eigenvalue weighted by molar-refractivity contribution is 5.81. The van der Waals surface area contributed by atoms with Gasteiger partial charge in [0.05, 0.1) is 5.97 Å². The smallest absolute Gasteiger partial charge is 0.220 e. The Hall–Kier alpha value is -1.32.